The summed E-state index contributed by atoms with van der Waals surface area (Å²) in [5.74, 6) is -0.0710. The van der Waals surface area contributed by atoms with E-state index in [1.807, 2.05) is 0 Å². The lowest BCUT2D eigenvalue weighted by molar-refractivity contribution is -0.161. The molecule has 0 saturated carbocycles. The molecule has 0 unspecified atom stereocenters. The Labute approximate surface area is 227 Å². The first-order chi connectivity index (χ1) is 17.6. The van der Waals surface area contributed by atoms with Crippen molar-refractivity contribution in [3.05, 3.63) is 0 Å². The standard InChI is InChI=1S/C26H49O9PS/c1-3-4-5-6-7-9-13-16-19-26(29)35-24(22-34-36(30,31)32)21-33-25(28)18-15-12-10-8-11-14-17-20-37-23(2)27/h24H,3-22H2,1-2H3,(H2,30,31,32)/t24-/m0/s1. The summed E-state index contributed by atoms with van der Waals surface area (Å²) in [5, 5.41) is 0.157. The van der Waals surface area contributed by atoms with Crippen LogP contribution in [0, 0.1) is 0 Å². The topological polar surface area (TPSA) is 136 Å². The maximum atomic E-state index is 12.2. The second-order valence-corrected chi connectivity index (χ2v) is 11.9. The van der Waals surface area contributed by atoms with Gasteiger partial charge in [0.1, 0.15) is 6.61 Å². The van der Waals surface area contributed by atoms with Crippen LogP contribution in [0.1, 0.15) is 123 Å². The normalized spacial score (nSPS) is 12.3. The lowest BCUT2D eigenvalue weighted by Gasteiger charge is -2.18. The average molecular weight is 569 g/mol. The smallest absolute Gasteiger partial charge is 0.462 e. The van der Waals surface area contributed by atoms with E-state index in [1.165, 1.54) is 37.4 Å². The highest BCUT2D eigenvalue weighted by molar-refractivity contribution is 8.13. The van der Waals surface area contributed by atoms with E-state index in [0.29, 0.717) is 12.8 Å². The van der Waals surface area contributed by atoms with E-state index in [4.69, 9.17) is 19.3 Å². The molecule has 0 aromatic heterocycles. The highest BCUT2D eigenvalue weighted by atomic mass is 32.2. The third-order valence-electron chi connectivity index (χ3n) is 5.72. The van der Waals surface area contributed by atoms with Crippen molar-refractivity contribution in [1.29, 1.82) is 0 Å². The molecule has 218 valence electrons. The van der Waals surface area contributed by atoms with Gasteiger partial charge >= 0.3 is 19.8 Å². The van der Waals surface area contributed by atoms with Gasteiger partial charge in [-0.3, -0.25) is 18.9 Å². The fraction of sp³-hybridized carbons (Fsp3) is 0.885. The predicted molar refractivity (Wildman–Crippen MR) is 146 cm³/mol. The zero-order valence-corrected chi connectivity index (χ0v) is 24.5. The molecule has 0 fully saturated rings. The molecule has 1 atom stereocenters. The third kappa shape index (κ3) is 27.9. The molecule has 2 N–H and O–H groups in total. The molecule has 37 heavy (non-hydrogen) atoms. The second kappa shape index (κ2) is 24.1. The van der Waals surface area contributed by atoms with Gasteiger partial charge in [-0.1, -0.05) is 95.7 Å². The number of esters is 2. The Hall–Kier alpha value is -0.930. The molecule has 0 aromatic rings. The van der Waals surface area contributed by atoms with Crippen LogP contribution in [0.25, 0.3) is 0 Å². The lowest BCUT2D eigenvalue weighted by atomic mass is 10.1. The maximum absolute atomic E-state index is 12.2. The van der Waals surface area contributed by atoms with E-state index in [2.05, 4.69) is 11.4 Å². The molecule has 0 aromatic carbocycles. The Morgan fingerprint density at radius 2 is 1.22 bits per heavy atom. The minimum absolute atomic E-state index is 0.157. The zero-order chi connectivity index (χ0) is 27.8. The number of rotatable bonds is 25. The lowest BCUT2D eigenvalue weighted by Crippen LogP contribution is -2.29. The molecule has 0 aliphatic carbocycles. The zero-order valence-electron chi connectivity index (χ0n) is 22.8. The third-order valence-corrected chi connectivity index (χ3v) is 7.11. The van der Waals surface area contributed by atoms with Crippen molar-refractivity contribution in [2.24, 2.45) is 0 Å². The summed E-state index contributed by atoms with van der Waals surface area (Å²) in [7, 11) is -4.74. The van der Waals surface area contributed by atoms with Crippen LogP contribution in [0.3, 0.4) is 0 Å². The van der Waals surface area contributed by atoms with Gasteiger partial charge in [0, 0.05) is 25.5 Å². The van der Waals surface area contributed by atoms with Crippen LogP contribution in [-0.2, 0) is 32.9 Å². The molecule has 0 radical (unpaired) electrons. The van der Waals surface area contributed by atoms with Crippen LogP contribution in [0.2, 0.25) is 0 Å². The Kier molecular flexibility index (Phi) is 23.5. The minimum Gasteiger partial charge on any atom is -0.462 e. The van der Waals surface area contributed by atoms with Crippen LogP contribution in [0.4, 0.5) is 0 Å². The summed E-state index contributed by atoms with van der Waals surface area (Å²) in [6.07, 6.45) is 15.0. The fourth-order valence-corrected chi connectivity index (χ4v) is 4.67. The molecular formula is C26H49O9PS. The van der Waals surface area contributed by atoms with Crippen molar-refractivity contribution in [1.82, 2.24) is 0 Å². The highest BCUT2D eigenvalue weighted by Gasteiger charge is 2.22. The largest absolute Gasteiger partial charge is 0.469 e. The van der Waals surface area contributed by atoms with E-state index >= 15 is 0 Å². The van der Waals surface area contributed by atoms with Crippen molar-refractivity contribution in [2.45, 2.75) is 129 Å². The molecule has 0 spiro atoms. The van der Waals surface area contributed by atoms with Gasteiger partial charge in [0.15, 0.2) is 11.2 Å². The van der Waals surface area contributed by atoms with Gasteiger partial charge in [0.2, 0.25) is 0 Å². The van der Waals surface area contributed by atoms with Crippen LogP contribution in [0.5, 0.6) is 0 Å². The van der Waals surface area contributed by atoms with Gasteiger partial charge in [-0.15, -0.1) is 0 Å². The molecule has 0 aliphatic rings. The fourth-order valence-electron chi connectivity index (χ4n) is 3.67. The number of hydrogen-bond donors (Lipinski definition) is 2. The van der Waals surface area contributed by atoms with Gasteiger partial charge in [0.05, 0.1) is 6.61 Å². The monoisotopic (exact) mass is 568 g/mol. The summed E-state index contributed by atoms with van der Waals surface area (Å²) >= 11 is 1.36. The quantitative estimate of drug-likeness (QED) is 0.0715. The van der Waals surface area contributed by atoms with Gasteiger partial charge in [-0.05, 0) is 19.3 Å². The van der Waals surface area contributed by atoms with Gasteiger partial charge in [-0.25, -0.2) is 4.57 Å². The van der Waals surface area contributed by atoms with Crippen molar-refractivity contribution in [3.63, 3.8) is 0 Å². The van der Waals surface area contributed by atoms with Crippen LogP contribution < -0.4 is 0 Å². The molecule has 11 heteroatoms. The molecule has 0 rings (SSSR count). The average Bonchev–Trinajstić information content (AvgIpc) is 2.82. The number of unbranched alkanes of at least 4 members (excludes halogenated alkanes) is 13. The minimum atomic E-state index is -4.74. The van der Waals surface area contributed by atoms with Crippen LogP contribution in [-0.4, -0.2) is 51.9 Å². The molecule has 0 bridgehead atoms. The predicted octanol–water partition coefficient (Wildman–Crippen LogP) is 6.48. The second-order valence-electron chi connectivity index (χ2n) is 9.37. The molecule has 9 nitrogen and oxygen atoms in total. The summed E-state index contributed by atoms with van der Waals surface area (Å²) in [6, 6.07) is 0. The number of phosphoric acid groups is 1. The number of carbonyl (C=O) groups excluding carboxylic acids is 3. The Morgan fingerprint density at radius 1 is 0.730 bits per heavy atom. The molecule has 0 aliphatic heterocycles. The van der Waals surface area contributed by atoms with E-state index in [1.54, 1.807) is 6.92 Å². The maximum Gasteiger partial charge on any atom is 0.469 e. The Bertz CT molecular complexity index is 654. The van der Waals surface area contributed by atoms with Gasteiger partial charge in [0.25, 0.3) is 0 Å². The Morgan fingerprint density at radius 3 is 1.73 bits per heavy atom. The van der Waals surface area contributed by atoms with Gasteiger partial charge < -0.3 is 19.3 Å². The number of phosphoric ester groups is 1. The number of ether oxygens (including phenoxy) is 2. The van der Waals surface area contributed by atoms with Crippen molar-refractivity contribution < 1.29 is 42.7 Å². The Balaban J connectivity index is 4.07. The molecule has 0 saturated heterocycles. The van der Waals surface area contributed by atoms with E-state index < -0.39 is 32.5 Å². The summed E-state index contributed by atoms with van der Waals surface area (Å²) in [4.78, 5) is 53.0. The van der Waals surface area contributed by atoms with Crippen LogP contribution in [0.15, 0.2) is 0 Å². The molecular weight excluding hydrogens is 519 g/mol. The van der Waals surface area contributed by atoms with E-state index in [9.17, 15) is 18.9 Å². The van der Waals surface area contributed by atoms with Gasteiger partial charge in [-0.2, -0.15) is 0 Å². The van der Waals surface area contributed by atoms with Crippen molar-refractivity contribution in [3.8, 4) is 0 Å². The number of thioether (sulfide) groups is 1. The first-order valence-corrected chi connectivity index (χ1v) is 16.3. The molecule has 0 amide bonds. The highest BCUT2D eigenvalue weighted by Crippen LogP contribution is 2.35. The summed E-state index contributed by atoms with van der Waals surface area (Å²) < 4.78 is 25.9. The van der Waals surface area contributed by atoms with E-state index in [0.717, 1.165) is 63.5 Å². The SMILES string of the molecule is CCCCCCCCCCC(=O)O[C@@H](COC(=O)CCCCCCCCCSC(C)=O)COP(=O)(O)O. The first kappa shape index (κ1) is 36.1. The summed E-state index contributed by atoms with van der Waals surface area (Å²) in [6.45, 7) is 2.90. The number of carbonyl (C=O) groups is 3. The first-order valence-electron chi connectivity index (χ1n) is 13.8. The summed E-state index contributed by atoms with van der Waals surface area (Å²) in [5.41, 5.74) is 0. The van der Waals surface area contributed by atoms with Crippen molar-refractivity contribution in [2.75, 3.05) is 19.0 Å². The van der Waals surface area contributed by atoms with Crippen molar-refractivity contribution >= 4 is 36.6 Å². The van der Waals surface area contributed by atoms with Crippen LogP contribution >= 0.6 is 19.6 Å². The molecule has 0 heterocycles. The van der Waals surface area contributed by atoms with E-state index in [-0.39, 0.29) is 24.6 Å². The number of hydrogen-bond acceptors (Lipinski definition) is 8.